The number of nitrogens with zero attached hydrogens (tertiary/aromatic N) is 6. The molecule has 1 saturated carbocycles. The molecule has 4 heterocycles. The Labute approximate surface area is 199 Å². The Hall–Kier alpha value is -3.01. The summed E-state index contributed by atoms with van der Waals surface area (Å²) in [5.74, 6) is 0.674. The molecular weight excluding hydrogens is 469 g/mol. The van der Waals surface area contributed by atoms with E-state index in [4.69, 9.17) is 11.6 Å². The van der Waals surface area contributed by atoms with E-state index in [0.717, 1.165) is 19.0 Å². The molecule has 2 aromatic heterocycles. The van der Waals surface area contributed by atoms with Gasteiger partial charge in [-0.25, -0.2) is 4.98 Å². The highest BCUT2D eigenvalue weighted by atomic mass is 35.5. The lowest BCUT2D eigenvalue weighted by atomic mass is 9.64. The van der Waals surface area contributed by atoms with Crippen LogP contribution in [0.3, 0.4) is 0 Å². The second-order valence-electron chi connectivity index (χ2n) is 8.93. The van der Waals surface area contributed by atoms with Crippen LogP contribution in [0.25, 0.3) is 5.69 Å². The number of fused-ring (bicyclic) bond motifs is 2. The van der Waals surface area contributed by atoms with Crippen molar-refractivity contribution in [2.24, 2.45) is 11.8 Å². The molecule has 7 nitrogen and oxygen atoms in total. The van der Waals surface area contributed by atoms with Gasteiger partial charge in [0, 0.05) is 23.3 Å². The first-order valence-electron chi connectivity index (χ1n) is 11.1. The van der Waals surface area contributed by atoms with Crippen LogP contribution in [-0.4, -0.2) is 47.9 Å². The summed E-state index contributed by atoms with van der Waals surface area (Å²) in [4.78, 5) is 24.6. The van der Waals surface area contributed by atoms with Crippen LogP contribution in [0.15, 0.2) is 43.0 Å². The highest BCUT2D eigenvalue weighted by molar-refractivity contribution is 6.31. The van der Waals surface area contributed by atoms with Gasteiger partial charge in [-0.05, 0) is 55.7 Å². The fraction of sp³-hybridized carbons (Fsp3) is 0.435. The number of amides is 1. The van der Waals surface area contributed by atoms with Crippen molar-refractivity contribution >= 4 is 17.5 Å². The van der Waals surface area contributed by atoms with Gasteiger partial charge in [-0.3, -0.25) is 9.78 Å². The van der Waals surface area contributed by atoms with Gasteiger partial charge in [-0.15, -0.1) is 0 Å². The van der Waals surface area contributed by atoms with Gasteiger partial charge >= 0.3 is 6.18 Å². The Morgan fingerprint density at radius 2 is 1.88 bits per heavy atom. The minimum atomic E-state index is -4.52. The highest BCUT2D eigenvalue weighted by Crippen LogP contribution is 2.48. The summed E-state index contributed by atoms with van der Waals surface area (Å²) in [5, 5.41) is 8.79. The first-order valence-corrected chi connectivity index (χ1v) is 11.5. The topological polar surface area (TPSA) is 76.8 Å². The molecule has 0 N–H and O–H groups in total. The Morgan fingerprint density at radius 1 is 1.15 bits per heavy atom. The van der Waals surface area contributed by atoms with Crippen LogP contribution < -0.4 is 0 Å². The van der Waals surface area contributed by atoms with Gasteiger partial charge in [0.2, 0.25) is 0 Å². The van der Waals surface area contributed by atoms with Crippen molar-refractivity contribution < 1.29 is 18.0 Å². The molecule has 2 bridgehead atoms. The molecule has 0 radical (unpaired) electrons. The lowest BCUT2D eigenvalue weighted by Gasteiger charge is -2.57. The predicted molar refractivity (Wildman–Crippen MR) is 117 cm³/mol. The maximum atomic E-state index is 13.8. The van der Waals surface area contributed by atoms with Crippen LogP contribution in [0.5, 0.6) is 0 Å². The SMILES string of the molecule is C[C@@H]1C2CC(C2)N(C(=O)c2ccc(Cl)cc2-n2nccn2)C1CCc1cnc(C(F)(F)F)cn1. The van der Waals surface area contributed by atoms with Crippen molar-refractivity contribution in [3.8, 4) is 5.69 Å². The molecule has 1 aromatic carbocycles. The summed E-state index contributed by atoms with van der Waals surface area (Å²) in [6.07, 6.45) is 3.39. The zero-order chi connectivity index (χ0) is 24.0. The van der Waals surface area contributed by atoms with Gasteiger partial charge in [0.1, 0.15) is 0 Å². The van der Waals surface area contributed by atoms with Crippen molar-refractivity contribution in [1.82, 2.24) is 29.9 Å². The second-order valence-corrected chi connectivity index (χ2v) is 9.37. The Kier molecular flexibility index (Phi) is 5.79. The van der Waals surface area contributed by atoms with Gasteiger partial charge < -0.3 is 4.90 Å². The van der Waals surface area contributed by atoms with Gasteiger partial charge in [-0.2, -0.15) is 28.2 Å². The highest BCUT2D eigenvalue weighted by Gasteiger charge is 2.50. The number of hydrogen-bond acceptors (Lipinski definition) is 5. The van der Waals surface area contributed by atoms with Gasteiger partial charge in [-0.1, -0.05) is 18.5 Å². The smallest absolute Gasteiger partial charge is 0.332 e. The average molecular weight is 491 g/mol. The molecule has 34 heavy (non-hydrogen) atoms. The number of alkyl halides is 3. The van der Waals surface area contributed by atoms with E-state index < -0.39 is 11.9 Å². The molecule has 2 saturated heterocycles. The van der Waals surface area contributed by atoms with E-state index in [9.17, 15) is 18.0 Å². The number of hydrogen-bond donors (Lipinski definition) is 0. The zero-order valence-corrected chi connectivity index (χ0v) is 19.0. The zero-order valence-electron chi connectivity index (χ0n) is 18.3. The normalized spacial score (nSPS) is 24.1. The molecule has 3 aromatic rings. The summed E-state index contributed by atoms with van der Waals surface area (Å²) >= 11 is 6.19. The molecule has 1 unspecified atom stereocenters. The number of benzene rings is 1. The second kappa shape index (κ2) is 8.65. The number of carbonyl (C=O) groups is 1. The number of halogens is 4. The standard InChI is InChI=1S/C23H22ClF3N6O/c1-13-14-8-17(9-14)32(19(13)5-3-16-11-29-21(12-28-16)23(25,26)27)22(34)18-4-2-15(24)10-20(18)33-30-6-7-31-33/h2,4,6-7,10-14,17,19H,3,5,8-9H2,1H3/t13-,14?,17?,19?/m1/s1. The molecule has 1 amide bonds. The molecular formula is C23H22ClF3N6O. The summed E-state index contributed by atoms with van der Waals surface area (Å²) in [7, 11) is 0. The largest absolute Gasteiger partial charge is 0.434 e. The molecule has 2 atom stereocenters. The third-order valence-electron chi connectivity index (χ3n) is 7.00. The first kappa shape index (κ1) is 22.8. The number of rotatable bonds is 5. The first-order chi connectivity index (χ1) is 16.2. The fourth-order valence-electron chi connectivity index (χ4n) is 5.10. The predicted octanol–water partition coefficient (Wildman–Crippen LogP) is 4.60. The van der Waals surface area contributed by atoms with E-state index in [0.29, 0.717) is 40.7 Å². The molecule has 6 rings (SSSR count). The number of aromatic nitrogens is 5. The summed E-state index contributed by atoms with van der Waals surface area (Å²) in [6, 6.07) is 5.09. The van der Waals surface area contributed by atoms with Crippen LogP contribution in [0, 0.1) is 11.8 Å². The Bertz CT molecular complexity index is 1180. The van der Waals surface area contributed by atoms with Crippen LogP contribution in [0.1, 0.15) is 47.9 Å². The molecule has 3 aliphatic rings. The minimum absolute atomic E-state index is 0.0665. The van der Waals surface area contributed by atoms with Crippen LogP contribution in [-0.2, 0) is 12.6 Å². The fourth-order valence-corrected chi connectivity index (χ4v) is 5.27. The van der Waals surface area contributed by atoms with E-state index in [1.165, 1.54) is 23.4 Å². The van der Waals surface area contributed by atoms with Crippen molar-refractivity contribution in [2.45, 2.75) is 50.9 Å². The van der Waals surface area contributed by atoms with Crippen LogP contribution in [0.2, 0.25) is 5.02 Å². The van der Waals surface area contributed by atoms with Gasteiger partial charge in [0.25, 0.3) is 5.91 Å². The van der Waals surface area contributed by atoms with Crippen molar-refractivity contribution in [1.29, 1.82) is 0 Å². The molecule has 2 aliphatic heterocycles. The van der Waals surface area contributed by atoms with Crippen molar-refractivity contribution in [2.75, 3.05) is 0 Å². The number of carbonyl (C=O) groups excluding carboxylic acids is 1. The van der Waals surface area contributed by atoms with Gasteiger partial charge in [0.05, 0.1) is 35.5 Å². The minimum Gasteiger partial charge on any atom is -0.332 e. The Morgan fingerprint density at radius 3 is 2.53 bits per heavy atom. The molecule has 1 aliphatic carbocycles. The third-order valence-corrected chi connectivity index (χ3v) is 7.24. The van der Waals surface area contributed by atoms with E-state index in [1.807, 2.05) is 4.90 Å². The maximum Gasteiger partial charge on any atom is 0.434 e. The molecule has 3 fully saturated rings. The maximum absolute atomic E-state index is 13.8. The molecule has 11 heteroatoms. The number of aryl methyl sites for hydroxylation is 1. The van der Waals surface area contributed by atoms with Crippen LogP contribution >= 0.6 is 11.6 Å². The summed E-state index contributed by atoms with van der Waals surface area (Å²) in [6.45, 7) is 2.14. The van der Waals surface area contributed by atoms with E-state index in [2.05, 4.69) is 27.1 Å². The van der Waals surface area contributed by atoms with E-state index in [-0.39, 0.29) is 23.9 Å². The quantitative estimate of drug-likeness (QED) is 0.522. The van der Waals surface area contributed by atoms with Gasteiger partial charge in [0.15, 0.2) is 5.69 Å². The summed E-state index contributed by atoms with van der Waals surface area (Å²) < 4.78 is 38.4. The lowest BCUT2D eigenvalue weighted by Crippen LogP contribution is -2.63. The average Bonchev–Trinajstić information content (AvgIpc) is 3.31. The van der Waals surface area contributed by atoms with Crippen molar-refractivity contribution in [3.63, 3.8) is 0 Å². The van der Waals surface area contributed by atoms with E-state index in [1.54, 1.807) is 18.2 Å². The van der Waals surface area contributed by atoms with Crippen molar-refractivity contribution in [3.05, 3.63) is 65.0 Å². The van der Waals surface area contributed by atoms with Crippen LogP contribution in [0.4, 0.5) is 13.2 Å². The lowest BCUT2D eigenvalue weighted by molar-refractivity contribution is -0.141. The Balaban J connectivity index is 1.40. The third kappa shape index (κ3) is 4.15. The monoisotopic (exact) mass is 490 g/mol. The molecule has 178 valence electrons. The summed E-state index contributed by atoms with van der Waals surface area (Å²) in [5.41, 5.74) is 0.420. The van der Waals surface area contributed by atoms with E-state index >= 15 is 0 Å². The molecule has 0 spiro atoms. The number of piperidine rings is 2.